The normalized spacial score (nSPS) is 10.9. The van der Waals surface area contributed by atoms with Crippen molar-refractivity contribution in [2.75, 3.05) is 0 Å². The van der Waals surface area contributed by atoms with Crippen LogP contribution in [0.4, 0.5) is 0 Å². The lowest BCUT2D eigenvalue weighted by molar-refractivity contribution is 1.36. The smallest absolute Gasteiger partial charge is 0.174 e. The summed E-state index contributed by atoms with van der Waals surface area (Å²) in [4.78, 5) is 4.12. The zero-order valence-electron chi connectivity index (χ0n) is 15.9. The predicted molar refractivity (Wildman–Crippen MR) is 123 cm³/mol. The molecule has 0 radical (unpaired) electrons. The minimum absolute atomic E-state index is 0. The molecule has 0 bridgehead atoms. The highest BCUT2D eigenvalue weighted by Gasteiger charge is 2.31. The Morgan fingerprint density at radius 1 is 0.393 bits per heavy atom. The molecule has 0 N–H and O–H groups in total. The van der Waals surface area contributed by atoms with E-state index < -0.39 is 0 Å². The maximum atomic E-state index is 2.29. The van der Waals surface area contributed by atoms with Crippen molar-refractivity contribution >= 4 is 32.4 Å². The fourth-order valence-electron chi connectivity index (χ4n) is 3.68. The van der Waals surface area contributed by atoms with Crippen LogP contribution in [0.2, 0.25) is 0 Å². The number of benzene rings is 5. The van der Waals surface area contributed by atoms with E-state index in [9.17, 15) is 0 Å². The van der Waals surface area contributed by atoms with Gasteiger partial charge in [0.2, 0.25) is 0 Å². The van der Waals surface area contributed by atoms with Gasteiger partial charge >= 0.3 is 0 Å². The van der Waals surface area contributed by atoms with Crippen molar-refractivity contribution in [1.82, 2.24) is 0 Å². The van der Waals surface area contributed by atoms with Gasteiger partial charge in [0.1, 0.15) is 10.9 Å². The van der Waals surface area contributed by atoms with Gasteiger partial charge in [-0.3, -0.25) is 0 Å². The molecule has 0 aliphatic heterocycles. The third-order valence-corrected chi connectivity index (χ3v) is 7.25. The Labute approximate surface area is 169 Å². The Hall–Kier alpha value is -3.03. The van der Waals surface area contributed by atoms with Crippen LogP contribution in [0.5, 0.6) is 0 Å². The second-order valence-corrected chi connectivity index (χ2v) is 8.54. The van der Waals surface area contributed by atoms with E-state index in [2.05, 4.69) is 115 Å². The van der Waals surface area contributed by atoms with E-state index in [0.29, 0.717) is 0 Å². The number of hydrogen-bond donors (Lipinski definition) is 0. The Morgan fingerprint density at radius 3 is 1.36 bits per heavy atom. The van der Waals surface area contributed by atoms with Gasteiger partial charge in [0, 0.05) is 10.8 Å². The van der Waals surface area contributed by atoms with E-state index in [1.807, 2.05) is 0 Å². The predicted octanol–water partition coefficient (Wildman–Crippen LogP) is 7.54. The first-order chi connectivity index (χ1) is 13.4. The maximum Gasteiger partial charge on any atom is 0.174 e. The third-order valence-electron chi connectivity index (χ3n) is 4.92. The molecule has 5 rings (SSSR count). The SMILES string of the molecule is [CH3-].c1ccc([S+](c2cccc3ccccc23)c2cccc3ccccc23)cc1. The van der Waals surface area contributed by atoms with Crippen LogP contribution in [-0.2, 0) is 10.9 Å². The van der Waals surface area contributed by atoms with Crippen LogP contribution in [0.25, 0.3) is 21.5 Å². The zero-order chi connectivity index (χ0) is 18.1. The summed E-state index contributed by atoms with van der Waals surface area (Å²) in [6, 6.07) is 41.7. The molecule has 0 heterocycles. The van der Waals surface area contributed by atoms with Gasteiger partial charge in [-0.05, 0) is 47.2 Å². The molecule has 0 unspecified atom stereocenters. The van der Waals surface area contributed by atoms with Crippen molar-refractivity contribution in [3.8, 4) is 0 Å². The van der Waals surface area contributed by atoms with Crippen LogP contribution in [-0.4, -0.2) is 0 Å². The van der Waals surface area contributed by atoms with Gasteiger partial charge in [-0.25, -0.2) is 0 Å². The van der Waals surface area contributed by atoms with Crippen molar-refractivity contribution in [1.29, 1.82) is 0 Å². The van der Waals surface area contributed by atoms with Gasteiger partial charge in [-0.2, -0.15) is 0 Å². The fourth-order valence-corrected chi connectivity index (χ4v) is 6.09. The van der Waals surface area contributed by atoms with E-state index in [1.54, 1.807) is 0 Å². The molecule has 0 aliphatic carbocycles. The van der Waals surface area contributed by atoms with Crippen LogP contribution in [0, 0.1) is 7.43 Å². The van der Waals surface area contributed by atoms with Gasteiger partial charge in [0.25, 0.3) is 0 Å². The quantitative estimate of drug-likeness (QED) is 0.225. The van der Waals surface area contributed by atoms with Gasteiger partial charge in [0.05, 0.1) is 0 Å². The molecular formula is C27H22S. The first-order valence-electron chi connectivity index (χ1n) is 9.17. The van der Waals surface area contributed by atoms with Crippen molar-refractivity contribution in [2.24, 2.45) is 0 Å². The van der Waals surface area contributed by atoms with Crippen LogP contribution >= 0.6 is 0 Å². The molecule has 0 saturated carbocycles. The average Bonchev–Trinajstić information content (AvgIpc) is 2.75. The molecule has 0 nitrogen and oxygen atoms in total. The van der Waals surface area contributed by atoms with Crippen LogP contribution in [0.15, 0.2) is 130 Å². The molecule has 0 saturated heterocycles. The highest BCUT2D eigenvalue weighted by Crippen LogP contribution is 2.38. The lowest BCUT2D eigenvalue weighted by Crippen LogP contribution is -2.06. The molecule has 0 aliphatic rings. The number of fused-ring (bicyclic) bond motifs is 2. The highest BCUT2D eigenvalue weighted by molar-refractivity contribution is 7.97. The maximum absolute atomic E-state index is 2.29. The lowest BCUT2D eigenvalue weighted by Gasteiger charge is -2.12. The summed E-state index contributed by atoms with van der Waals surface area (Å²) in [5.74, 6) is 0. The summed E-state index contributed by atoms with van der Waals surface area (Å²) in [5.41, 5.74) is 0. The van der Waals surface area contributed by atoms with E-state index in [1.165, 1.54) is 36.2 Å². The third kappa shape index (κ3) is 3.19. The molecule has 28 heavy (non-hydrogen) atoms. The first kappa shape index (κ1) is 18.3. The molecule has 0 amide bonds. The zero-order valence-corrected chi connectivity index (χ0v) is 16.7. The van der Waals surface area contributed by atoms with E-state index in [4.69, 9.17) is 0 Å². The Morgan fingerprint density at radius 2 is 0.821 bits per heavy atom. The standard InChI is InChI=1S/C26H19S.CH3/c1-2-14-22(15-3-1)27(25-18-8-12-20-10-4-6-16-23(20)25)26-19-9-13-21-11-5-7-17-24(21)26;/h1-19H;1H3/q+1;-1. The Kier molecular flexibility index (Phi) is 5.18. The second-order valence-electron chi connectivity index (χ2n) is 6.57. The van der Waals surface area contributed by atoms with E-state index in [-0.39, 0.29) is 18.3 Å². The molecule has 136 valence electrons. The summed E-state index contributed by atoms with van der Waals surface area (Å²) < 4.78 is 0. The molecule has 5 aromatic rings. The van der Waals surface area contributed by atoms with E-state index in [0.717, 1.165) is 0 Å². The van der Waals surface area contributed by atoms with Crippen LogP contribution in [0.3, 0.4) is 0 Å². The van der Waals surface area contributed by atoms with Gasteiger partial charge in [-0.15, -0.1) is 0 Å². The summed E-state index contributed by atoms with van der Waals surface area (Å²) in [6.07, 6.45) is 0. The summed E-state index contributed by atoms with van der Waals surface area (Å²) in [5, 5.41) is 5.26. The largest absolute Gasteiger partial charge is 0.358 e. The van der Waals surface area contributed by atoms with Crippen molar-refractivity contribution in [2.45, 2.75) is 14.7 Å². The van der Waals surface area contributed by atoms with Crippen LogP contribution < -0.4 is 0 Å². The van der Waals surface area contributed by atoms with Gasteiger partial charge in [-0.1, -0.05) is 78.9 Å². The molecular weight excluding hydrogens is 356 g/mol. The molecule has 0 fully saturated rings. The summed E-state index contributed by atoms with van der Waals surface area (Å²) >= 11 is 0. The monoisotopic (exact) mass is 378 g/mol. The highest BCUT2D eigenvalue weighted by atomic mass is 32.2. The van der Waals surface area contributed by atoms with Crippen molar-refractivity contribution in [3.05, 3.63) is 123 Å². The lowest BCUT2D eigenvalue weighted by atomic mass is 10.1. The Bertz CT molecular complexity index is 1130. The van der Waals surface area contributed by atoms with Crippen LogP contribution in [0.1, 0.15) is 0 Å². The van der Waals surface area contributed by atoms with E-state index >= 15 is 0 Å². The minimum atomic E-state index is -0.164. The fraction of sp³-hybridized carbons (Fsp3) is 0. The first-order valence-corrected chi connectivity index (χ1v) is 10.4. The van der Waals surface area contributed by atoms with Gasteiger partial charge in [0.15, 0.2) is 14.7 Å². The molecule has 1 heteroatoms. The summed E-state index contributed by atoms with van der Waals surface area (Å²) in [6.45, 7) is 0. The summed E-state index contributed by atoms with van der Waals surface area (Å²) in [7, 11) is -0.164. The minimum Gasteiger partial charge on any atom is -0.358 e. The average molecular weight is 379 g/mol. The molecule has 0 atom stereocenters. The Balaban J connectivity index is 0.00000192. The van der Waals surface area contributed by atoms with Gasteiger partial charge < -0.3 is 7.43 Å². The molecule has 0 spiro atoms. The molecule has 0 aromatic heterocycles. The number of rotatable bonds is 3. The molecule has 5 aromatic carbocycles. The van der Waals surface area contributed by atoms with Crippen molar-refractivity contribution < 1.29 is 0 Å². The van der Waals surface area contributed by atoms with Crippen molar-refractivity contribution in [3.63, 3.8) is 0 Å². The number of hydrogen-bond acceptors (Lipinski definition) is 0. The second kappa shape index (κ2) is 7.92. The topological polar surface area (TPSA) is 0 Å².